The molecule has 1 heterocycles. The van der Waals surface area contributed by atoms with Gasteiger partial charge >= 0.3 is 11.9 Å². The maximum absolute atomic E-state index is 11.6. The molecular formula is C16H17N3O6S. The summed E-state index contributed by atoms with van der Waals surface area (Å²) >= 11 is 1.01. The third-order valence-corrected chi connectivity index (χ3v) is 4.29. The van der Waals surface area contributed by atoms with Crippen molar-refractivity contribution in [3.05, 3.63) is 29.3 Å². The zero-order valence-corrected chi connectivity index (χ0v) is 14.9. The third-order valence-electron chi connectivity index (χ3n) is 3.22. The van der Waals surface area contributed by atoms with Crippen LogP contribution in [0, 0.1) is 0 Å². The monoisotopic (exact) mass is 379 g/mol. The Morgan fingerprint density at radius 1 is 1.42 bits per heavy atom. The van der Waals surface area contributed by atoms with Gasteiger partial charge in [-0.25, -0.2) is 4.79 Å². The molecule has 0 aliphatic carbocycles. The lowest BCUT2D eigenvalue weighted by Crippen LogP contribution is -2.26. The molecule has 0 saturated carbocycles. The van der Waals surface area contributed by atoms with Crippen LogP contribution in [0.3, 0.4) is 0 Å². The van der Waals surface area contributed by atoms with E-state index in [-0.39, 0.29) is 11.6 Å². The molecule has 2 rings (SSSR count). The van der Waals surface area contributed by atoms with Crippen LogP contribution in [-0.2, 0) is 14.3 Å². The number of benzene rings is 1. The van der Waals surface area contributed by atoms with E-state index in [1.807, 2.05) is 0 Å². The molecule has 1 aromatic rings. The third kappa shape index (κ3) is 5.06. The first-order valence-corrected chi connectivity index (χ1v) is 8.48. The molecule has 1 aromatic carbocycles. The van der Waals surface area contributed by atoms with Crippen molar-refractivity contribution in [1.29, 1.82) is 0 Å². The number of amidine groups is 1. The number of carbonyl (C=O) groups excluding carboxylic acids is 2. The van der Waals surface area contributed by atoms with E-state index in [0.29, 0.717) is 23.5 Å². The minimum Gasteiger partial charge on any atom is -0.493 e. The summed E-state index contributed by atoms with van der Waals surface area (Å²) in [7, 11) is 1.29. The van der Waals surface area contributed by atoms with E-state index in [4.69, 9.17) is 9.84 Å². The first-order valence-electron chi connectivity index (χ1n) is 7.60. The molecule has 1 atom stereocenters. The van der Waals surface area contributed by atoms with Gasteiger partial charge < -0.3 is 19.9 Å². The molecule has 1 saturated heterocycles. The Hall–Kier alpha value is -2.88. The Kier molecular flexibility index (Phi) is 6.73. The number of carboxylic acids is 1. The highest BCUT2D eigenvalue weighted by Gasteiger charge is 2.32. The number of aliphatic carboxylic acids is 1. The van der Waals surface area contributed by atoms with E-state index in [2.05, 4.69) is 20.3 Å². The van der Waals surface area contributed by atoms with E-state index in [1.165, 1.54) is 13.3 Å². The van der Waals surface area contributed by atoms with Crippen LogP contribution in [0.25, 0.3) is 0 Å². The van der Waals surface area contributed by atoms with Crippen molar-refractivity contribution in [3.8, 4) is 5.75 Å². The second-order valence-electron chi connectivity index (χ2n) is 5.02. The molecule has 10 heteroatoms. The van der Waals surface area contributed by atoms with Gasteiger partial charge in [-0.05, 0) is 25.1 Å². The zero-order chi connectivity index (χ0) is 19.1. The predicted octanol–water partition coefficient (Wildman–Crippen LogP) is 1.27. The Labute approximate surface area is 153 Å². The number of esters is 1. The molecule has 1 unspecified atom stereocenters. The standard InChI is InChI=1S/C16H17N3O6S/c1-3-25-11-6-9(15(23)24-2)4-5-10(11)8-17-19-16-18-14(22)12(26-16)7-13(20)21/h4-6,8,12H,3,7H2,1-2H3,(H,20,21)(H,18,19,22). The number of ether oxygens (including phenoxy) is 2. The van der Waals surface area contributed by atoms with Crippen LogP contribution < -0.4 is 10.1 Å². The molecule has 2 N–H and O–H groups in total. The molecule has 9 nitrogen and oxygen atoms in total. The van der Waals surface area contributed by atoms with E-state index < -0.39 is 23.1 Å². The summed E-state index contributed by atoms with van der Waals surface area (Å²) in [6.45, 7) is 2.20. The molecule has 1 aliphatic heterocycles. The fourth-order valence-corrected chi connectivity index (χ4v) is 2.97. The maximum atomic E-state index is 11.6. The summed E-state index contributed by atoms with van der Waals surface area (Å²) in [5, 5.41) is 18.5. The van der Waals surface area contributed by atoms with E-state index in [9.17, 15) is 14.4 Å². The average Bonchev–Trinajstić information content (AvgIpc) is 2.94. The summed E-state index contributed by atoms with van der Waals surface area (Å²) in [4.78, 5) is 33.9. The first-order chi connectivity index (χ1) is 12.4. The van der Waals surface area contributed by atoms with Gasteiger partial charge in [-0.1, -0.05) is 11.8 Å². The van der Waals surface area contributed by atoms with Gasteiger partial charge in [0.25, 0.3) is 0 Å². The Morgan fingerprint density at radius 3 is 2.85 bits per heavy atom. The number of carbonyl (C=O) groups is 3. The Bertz CT molecular complexity index is 777. The highest BCUT2D eigenvalue weighted by atomic mass is 32.2. The molecule has 138 valence electrons. The quantitative estimate of drug-likeness (QED) is 0.415. The van der Waals surface area contributed by atoms with Crippen LogP contribution in [0.4, 0.5) is 0 Å². The van der Waals surface area contributed by atoms with Crippen LogP contribution in [0.2, 0.25) is 0 Å². The van der Waals surface area contributed by atoms with Gasteiger partial charge in [0.05, 0.1) is 31.9 Å². The molecule has 0 aromatic heterocycles. The normalized spacial score (nSPS) is 18.2. The molecule has 0 bridgehead atoms. The van der Waals surface area contributed by atoms with Crippen molar-refractivity contribution in [2.24, 2.45) is 10.2 Å². The van der Waals surface area contributed by atoms with Gasteiger partial charge in [0.15, 0.2) is 5.17 Å². The topological polar surface area (TPSA) is 127 Å². The molecule has 1 fully saturated rings. The second kappa shape index (κ2) is 8.99. The lowest BCUT2D eigenvalue weighted by molar-refractivity contribution is -0.138. The number of methoxy groups -OCH3 is 1. The van der Waals surface area contributed by atoms with Gasteiger partial charge in [-0.3, -0.25) is 9.59 Å². The van der Waals surface area contributed by atoms with Crippen molar-refractivity contribution >= 4 is 41.0 Å². The second-order valence-corrected chi connectivity index (χ2v) is 6.21. The number of nitrogens with one attached hydrogen (secondary N) is 1. The van der Waals surface area contributed by atoms with Crippen LogP contribution >= 0.6 is 11.8 Å². The average molecular weight is 379 g/mol. The number of carboxylic acid groups (broad SMARTS) is 1. The largest absolute Gasteiger partial charge is 0.493 e. The molecule has 0 spiro atoms. The van der Waals surface area contributed by atoms with Crippen molar-refractivity contribution in [2.45, 2.75) is 18.6 Å². The number of amides is 1. The van der Waals surface area contributed by atoms with Crippen molar-refractivity contribution in [2.75, 3.05) is 13.7 Å². The van der Waals surface area contributed by atoms with Gasteiger partial charge in [0.1, 0.15) is 11.0 Å². The number of hydrogen-bond acceptors (Lipinski definition) is 8. The Balaban J connectivity index is 2.13. The number of hydrogen-bond donors (Lipinski definition) is 2. The summed E-state index contributed by atoms with van der Waals surface area (Å²) in [5.74, 6) is -1.52. The molecular weight excluding hydrogens is 362 g/mol. The number of nitrogens with zero attached hydrogens (tertiary/aromatic N) is 2. The van der Waals surface area contributed by atoms with Crippen molar-refractivity contribution in [3.63, 3.8) is 0 Å². The van der Waals surface area contributed by atoms with E-state index in [1.54, 1.807) is 25.1 Å². The van der Waals surface area contributed by atoms with Crippen LogP contribution in [0.15, 0.2) is 28.4 Å². The lowest BCUT2D eigenvalue weighted by atomic mass is 10.1. The highest BCUT2D eigenvalue weighted by Crippen LogP contribution is 2.23. The number of rotatable bonds is 7. The van der Waals surface area contributed by atoms with Crippen molar-refractivity contribution < 1.29 is 29.0 Å². The summed E-state index contributed by atoms with van der Waals surface area (Å²) in [5.41, 5.74) is 0.926. The van der Waals surface area contributed by atoms with Gasteiger partial charge in [-0.2, -0.15) is 5.10 Å². The summed E-state index contributed by atoms with van der Waals surface area (Å²) in [6, 6.07) is 4.74. The highest BCUT2D eigenvalue weighted by molar-refractivity contribution is 8.15. The van der Waals surface area contributed by atoms with Gasteiger partial charge in [0.2, 0.25) is 5.91 Å². The van der Waals surface area contributed by atoms with Gasteiger partial charge in [0, 0.05) is 5.56 Å². The molecule has 1 aliphatic rings. The summed E-state index contributed by atoms with van der Waals surface area (Å²) in [6.07, 6.45) is 1.12. The fraction of sp³-hybridized carbons (Fsp3) is 0.312. The molecule has 1 amide bonds. The fourth-order valence-electron chi connectivity index (χ4n) is 2.06. The molecule has 26 heavy (non-hydrogen) atoms. The SMILES string of the molecule is CCOc1cc(C(=O)OC)ccc1C=NN=C1NC(=O)C(CC(=O)O)S1. The van der Waals surface area contributed by atoms with Crippen LogP contribution in [-0.4, -0.2) is 53.3 Å². The predicted molar refractivity (Wildman–Crippen MR) is 95.8 cm³/mol. The Morgan fingerprint density at radius 2 is 2.19 bits per heavy atom. The van der Waals surface area contributed by atoms with E-state index in [0.717, 1.165) is 11.8 Å². The molecule has 0 radical (unpaired) electrons. The van der Waals surface area contributed by atoms with E-state index >= 15 is 0 Å². The lowest BCUT2D eigenvalue weighted by Gasteiger charge is -2.08. The van der Waals surface area contributed by atoms with Crippen LogP contribution in [0.5, 0.6) is 5.75 Å². The van der Waals surface area contributed by atoms with Crippen molar-refractivity contribution in [1.82, 2.24) is 5.32 Å². The van der Waals surface area contributed by atoms with Crippen LogP contribution in [0.1, 0.15) is 29.3 Å². The zero-order valence-electron chi connectivity index (χ0n) is 14.1. The smallest absolute Gasteiger partial charge is 0.337 e. The maximum Gasteiger partial charge on any atom is 0.337 e. The first kappa shape index (κ1) is 19.4. The minimum absolute atomic E-state index is 0.224. The summed E-state index contributed by atoms with van der Waals surface area (Å²) < 4.78 is 10.2. The minimum atomic E-state index is -1.06. The number of thioether (sulfide) groups is 1. The van der Waals surface area contributed by atoms with Gasteiger partial charge in [-0.15, -0.1) is 5.10 Å².